The van der Waals surface area contributed by atoms with E-state index in [9.17, 15) is 8.42 Å². The molecule has 0 aliphatic carbocycles. The van der Waals surface area contributed by atoms with E-state index in [1.165, 1.54) is 33.5 Å². The number of methoxy groups -OCH3 is 2. The molecule has 1 rings (SSSR count). The highest BCUT2D eigenvalue weighted by Gasteiger charge is 2.29. The first-order chi connectivity index (χ1) is 7.90. The van der Waals surface area contributed by atoms with Gasteiger partial charge in [0.05, 0.1) is 25.2 Å². The van der Waals surface area contributed by atoms with Gasteiger partial charge in [0.1, 0.15) is 11.4 Å². The lowest BCUT2D eigenvalue weighted by atomic mass is 10.2. The van der Waals surface area contributed by atoms with Gasteiger partial charge in [-0.05, 0) is 6.92 Å². The molecule has 0 aliphatic heterocycles. The topological polar surface area (TPSA) is 104 Å². The molecule has 0 aliphatic rings. The van der Waals surface area contributed by atoms with Crippen LogP contribution < -0.4 is 9.88 Å². The number of aromatic nitrogens is 2. The lowest BCUT2D eigenvalue weighted by molar-refractivity contribution is 0.0982. The Kier molecular flexibility index (Phi) is 4.38. The maximum atomic E-state index is 11.3. The van der Waals surface area contributed by atoms with Crippen LogP contribution in [0.3, 0.4) is 0 Å². The Balaban J connectivity index is 3.01. The third-order valence-corrected chi connectivity index (χ3v) is 3.63. The lowest BCUT2D eigenvalue weighted by Gasteiger charge is -2.19. The Bertz CT molecular complexity index is 460. The number of ether oxygens (including phenoxy) is 2. The van der Waals surface area contributed by atoms with Crippen LogP contribution >= 0.6 is 0 Å². The molecule has 0 saturated carbocycles. The molecule has 0 fully saturated rings. The smallest absolute Gasteiger partial charge is 0.231 e. The molecule has 0 radical (unpaired) electrons. The first-order valence-corrected chi connectivity index (χ1v) is 6.41. The van der Waals surface area contributed by atoms with Gasteiger partial charge in [-0.25, -0.2) is 18.5 Å². The van der Waals surface area contributed by atoms with Gasteiger partial charge in [-0.3, -0.25) is 4.98 Å². The predicted octanol–water partition coefficient (Wildman–Crippen LogP) is -0.150. The van der Waals surface area contributed by atoms with Gasteiger partial charge in [-0.1, -0.05) is 0 Å². The van der Waals surface area contributed by atoms with Crippen LogP contribution in [0.2, 0.25) is 0 Å². The highest BCUT2D eigenvalue weighted by molar-refractivity contribution is 7.89. The van der Waals surface area contributed by atoms with Crippen molar-refractivity contribution in [1.29, 1.82) is 0 Å². The largest absolute Gasteiger partial charge is 0.480 e. The fourth-order valence-corrected chi connectivity index (χ4v) is 1.90. The Morgan fingerprint density at radius 2 is 1.94 bits per heavy atom. The number of nitrogens with zero attached hydrogens (tertiary/aromatic N) is 2. The van der Waals surface area contributed by atoms with E-state index in [-0.39, 0.29) is 0 Å². The van der Waals surface area contributed by atoms with Crippen LogP contribution in [0.15, 0.2) is 12.4 Å². The maximum Gasteiger partial charge on any atom is 0.231 e. The van der Waals surface area contributed by atoms with Crippen LogP contribution in [0, 0.1) is 0 Å². The Hall–Kier alpha value is -1.25. The quantitative estimate of drug-likeness (QED) is 0.790. The van der Waals surface area contributed by atoms with E-state index >= 15 is 0 Å². The molecule has 0 unspecified atom stereocenters. The molecule has 1 aromatic rings. The summed E-state index contributed by atoms with van der Waals surface area (Å²) in [7, 11) is -0.852. The first-order valence-electron chi connectivity index (χ1n) is 4.80. The molecule has 96 valence electrons. The number of sulfonamides is 1. The Morgan fingerprint density at radius 3 is 2.29 bits per heavy atom. The van der Waals surface area contributed by atoms with Gasteiger partial charge in [0, 0.05) is 7.11 Å². The Labute approximate surface area is 100 Å². The molecular formula is C9H15N3O4S. The molecule has 0 spiro atoms. The zero-order valence-corrected chi connectivity index (χ0v) is 10.6. The van der Waals surface area contributed by atoms with E-state index in [4.69, 9.17) is 14.6 Å². The Morgan fingerprint density at radius 1 is 1.29 bits per heavy atom. The number of hydrogen-bond donors (Lipinski definition) is 1. The summed E-state index contributed by atoms with van der Waals surface area (Å²) in [6.45, 7) is 1.45. The summed E-state index contributed by atoms with van der Waals surface area (Å²) in [5.74, 6) is 0.340. The second-order valence-corrected chi connectivity index (χ2v) is 5.36. The van der Waals surface area contributed by atoms with Crippen molar-refractivity contribution >= 4 is 10.0 Å². The summed E-state index contributed by atoms with van der Waals surface area (Å²) in [6, 6.07) is 0. The van der Waals surface area contributed by atoms with Gasteiger partial charge < -0.3 is 9.47 Å². The van der Waals surface area contributed by atoms with Gasteiger partial charge in [-0.2, -0.15) is 0 Å². The van der Waals surface area contributed by atoms with Gasteiger partial charge in [-0.15, -0.1) is 0 Å². The van der Waals surface area contributed by atoms with E-state index in [1.54, 1.807) is 0 Å². The molecule has 2 atom stereocenters. The summed E-state index contributed by atoms with van der Waals surface area (Å²) in [6.07, 6.45) is 2.02. The van der Waals surface area contributed by atoms with Crippen LogP contribution in [0.1, 0.15) is 18.7 Å². The molecule has 7 nitrogen and oxygen atoms in total. The van der Waals surface area contributed by atoms with Gasteiger partial charge in [0.2, 0.25) is 15.9 Å². The van der Waals surface area contributed by atoms with Gasteiger partial charge in [0.25, 0.3) is 0 Å². The van der Waals surface area contributed by atoms with E-state index in [0.29, 0.717) is 11.6 Å². The highest BCUT2D eigenvalue weighted by Crippen LogP contribution is 2.22. The highest BCUT2D eigenvalue weighted by atomic mass is 32.2. The van der Waals surface area contributed by atoms with E-state index in [2.05, 4.69) is 9.97 Å². The van der Waals surface area contributed by atoms with Crippen molar-refractivity contribution in [2.75, 3.05) is 14.2 Å². The van der Waals surface area contributed by atoms with Crippen LogP contribution in [0.25, 0.3) is 0 Å². The first kappa shape index (κ1) is 13.8. The standard InChI is InChI=1S/C9H15N3O4S/c1-6(17(10,13)14)9(16-3)7-4-12-8(15-2)5-11-7/h4-6,9H,1-3H3,(H2,10,13,14)/t6-,9-/m1/s1. The van der Waals surface area contributed by atoms with Crippen molar-refractivity contribution in [1.82, 2.24) is 9.97 Å². The minimum Gasteiger partial charge on any atom is -0.480 e. The van der Waals surface area contributed by atoms with Crippen molar-refractivity contribution in [3.8, 4) is 5.88 Å². The van der Waals surface area contributed by atoms with Crippen LogP contribution in [-0.4, -0.2) is 37.9 Å². The van der Waals surface area contributed by atoms with E-state index < -0.39 is 21.4 Å². The zero-order chi connectivity index (χ0) is 13.1. The lowest BCUT2D eigenvalue weighted by Crippen LogP contribution is -2.32. The van der Waals surface area contributed by atoms with Crippen molar-refractivity contribution in [3.63, 3.8) is 0 Å². The van der Waals surface area contributed by atoms with Gasteiger partial charge in [0.15, 0.2) is 0 Å². The summed E-state index contributed by atoms with van der Waals surface area (Å²) in [5, 5.41) is 4.16. The average Bonchev–Trinajstić information content (AvgIpc) is 2.29. The number of primary sulfonamides is 1. The monoisotopic (exact) mass is 261 g/mol. The molecule has 0 bridgehead atoms. The zero-order valence-electron chi connectivity index (χ0n) is 9.82. The normalized spacial score (nSPS) is 15.3. The number of hydrogen-bond acceptors (Lipinski definition) is 6. The summed E-state index contributed by atoms with van der Waals surface area (Å²) < 4.78 is 32.5. The molecule has 2 N–H and O–H groups in total. The van der Waals surface area contributed by atoms with Crippen LogP contribution in [0.4, 0.5) is 0 Å². The number of rotatable bonds is 5. The SMILES string of the molecule is COc1cnc([C@H](OC)[C@@H](C)S(N)(=O)=O)cn1. The second-order valence-electron chi connectivity index (χ2n) is 3.43. The van der Waals surface area contributed by atoms with Crippen LogP contribution in [0.5, 0.6) is 5.88 Å². The molecule has 1 heterocycles. The van der Waals surface area contributed by atoms with Gasteiger partial charge >= 0.3 is 0 Å². The summed E-state index contributed by atoms with van der Waals surface area (Å²) in [5.41, 5.74) is 0.384. The molecule has 0 amide bonds. The maximum absolute atomic E-state index is 11.3. The average molecular weight is 261 g/mol. The summed E-state index contributed by atoms with van der Waals surface area (Å²) >= 11 is 0. The fraction of sp³-hybridized carbons (Fsp3) is 0.556. The third kappa shape index (κ3) is 3.35. The molecule has 0 saturated heterocycles. The predicted molar refractivity (Wildman–Crippen MR) is 60.9 cm³/mol. The van der Waals surface area contributed by atoms with Crippen molar-refractivity contribution in [3.05, 3.63) is 18.1 Å². The van der Waals surface area contributed by atoms with Crippen LogP contribution in [-0.2, 0) is 14.8 Å². The fourth-order valence-electron chi connectivity index (χ4n) is 1.30. The molecule has 8 heteroatoms. The molecule has 17 heavy (non-hydrogen) atoms. The number of nitrogens with two attached hydrogens (primary N) is 1. The van der Waals surface area contributed by atoms with Crippen molar-refractivity contribution < 1.29 is 17.9 Å². The van der Waals surface area contributed by atoms with Crippen molar-refractivity contribution in [2.24, 2.45) is 5.14 Å². The summed E-state index contributed by atoms with van der Waals surface area (Å²) in [4.78, 5) is 7.95. The minimum absolute atomic E-state index is 0.340. The molecular weight excluding hydrogens is 246 g/mol. The van der Waals surface area contributed by atoms with Crippen molar-refractivity contribution in [2.45, 2.75) is 18.3 Å². The molecule has 0 aromatic carbocycles. The van der Waals surface area contributed by atoms with E-state index in [1.807, 2.05) is 0 Å². The van der Waals surface area contributed by atoms with E-state index in [0.717, 1.165) is 0 Å². The molecule has 1 aromatic heterocycles. The second kappa shape index (κ2) is 5.39. The third-order valence-electron chi connectivity index (χ3n) is 2.35. The minimum atomic E-state index is -3.70.